The molecule has 0 bridgehead atoms. The molecule has 0 atom stereocenters. The lowest BCUT2D eigenvalue weighted by Gasteiger charge is -2.40. The molecule has 1 amide bonds. The Balaban J connectivity index is 1.51. The van der Waals surface area contributed by atoms with E-state index in [4.69, 9.17) is 0 Å². The number of hydrogen-bond donors (Lipinski definition) is 1. The molecule has 3 rings (SSSR count). The highest BCUT2D eigenvalue weighted by Gasteiger charge is 2.33. The zero-order valence-electron chi connectivity index (χ0n) is 13.1. The Morgan fingerprint density at radius 2 is 1.88 bits per heavy atom. The molecule has 1 saturated heterocycles. The van der Waals surface area contributed by atoms with Gasteiger partial charge in [-0.1, -0.05) is 12.1 Å². The zero-order chi connectivity index (χ0) is 18.0. The summed E-state index contributed by atoms with van der Waals surface area (Å²) in [5.74, 6) is -0.348. The van der Waals surface area contributed by atoms with Crippen molar-refractivity contribution >= 4 is 11.7 Å². The fraction of sp³-hybridized carbons (Fsp3) is 0.294. The van der Waals surface area contributed by atoms with Crippen LogP contribution in [0.15, 0.2) is 42.6 Å². The van der Waals surface area contributed by atoms with Gasteiger partial charge in [-0.05, 0) is 29.8 Å². The fourth-order valence-electron chi connectivity index (χ4n) is 2.59. The lowest BCUT2D eigenvalue weighted by molar-refractivity contribution is -0.137. The Bertz CT molecular complexity index is 755. The van der Waals surface area contributed by atoms with Gasteiger partial charge in [0.2, 0.25) is 5.91 Å². The minimum absolute atomic E-state index is 0.124. The van der Waals surface area contributed by atoms with E-state index in [2.05, 4.69) is 10.3 Å². The summed E-state index contributed by atoms with van der Waals surface area (Å²) in [6.45, 7) is 0.785. The van der Waals surface area contributed by atoms with E-state index >= 15 is 0 Å². The van der Waals surface area contributed by atoms with Gasteiger partial charge in [0, 0.05) is 19.3 Å². The maximum atomic E-state index is 12.8. The predicted octanol–water partition coefficient (Wildman–Crippen LogP) is 2.79. The first-order valence-corrected chi connectivity index (χ1v) is 7.63. The maximum Gasteiger partial charge on any atom is 0.416 e. The molecule has 0 spiro atoms. The summed E-state index contributed by atoms with van der Waals surface area (Å²) in [4.78, 5) is 17.5. The smallest absolute Gasteiger partial charge is 0.352 e. The second-order valence-electron chi connectivity index (χ2n) is 5.87. The number of nitrogens with zero attached hydrogens (tertiary/aromatic N) is 2. The first kappa shape index (κ1) is 17.2. The summed E-state index contributed by atoms with van der Waals surface area (Å²) < 4.78 is 50.9. The highest BCUT2D eigenvalue weighted by molar-refractivity contribution is 5.79. The molecule has 8 heteroatoms. The molecule has 1 aromatic carbocycles. The third-order valence-electron chi connectivity index (χ3n) is 3.92. The van der Waals surface area contributed by atoms with Crippen molar-refractivity contribution in [2.75, 3.05) is 18.0 Å². The normalized spacial score (nSPS) is 15.0. The first-order valence-electron chi connectivity index (χ1n) is 7.63. The number of amides is 1. The summed E-state index contributed by atoms with van der Waals surface area (Å²) in [5, 5.41) is 2.80. The lowest BCUT2D eigenvalue weighted by Crippen LogP contribution is -2.60. The van der Waals surface area contributed by atoms with Crippen LogP contribution in [0.3, 0.4) is 0 Å². The molecule has 2 aromatic rings. The summed E-state index contributed by atoms with van der Waals surface area (Å²) in [7, 11) is 0. The number of rotatable bonds is 4. The number of pyridine rings is 1. The molecule has 132 valence electrons. The van der Waals surface area contributed by atoms with Crippen molar-refractivity contribution in [3.8, 4) is 0 Å². The third kappa shape index (κ3) is 4.26. The molecule has 1 fully saturated rings. The first-order chi connectivity index (χ1) is 11.8. The van der Waals surface area contributed by atoms with Crippen LogP contribution in [-0.4, -0.2) is 30.0 Å². The molecule has 0 radical (unpaired) electrons. The Morgan fingerprint density at radius 1 is 1.20 bits per heavy atom. The highest BCUT2D eigenvalue weighted by Crippen LogP contribution is 2.31. The van der Waals surface area contributed by atoms with Crippen LogP contribution < -0.4 is 10.2 Å². The van der Waals surface area contributed by atoms with Gasteiger partial charge in [0.05, 0.1) is 18.0 Å². The van der Waals surface area contributed by atoms with Crippen LogP contribution in [0.4, 0.5) is 23.4 Å². The van der Waals surface area contributed by atoms with Gasteiger partial charge in [-0.2, -0.15) is 13.2 Å². The molecule has 1 aliphatic rings. The van der Waals surface area contributed by atoms with Gasteiger partial charge < -0.3 is 10.2 Å². The molecule has 0 saturated carbocycles. The molecule has 1 aromatic heterocycles. The summed E-state index contributed by atoms with van der Waals surface area (Å²) in [6, 6.07) is 7.41. The largest absolute Gasteiger partial charge is 0.416 e. The number of carbonyl (C=O) groups excluding carboxylic acids is 1. The molecule has 1 aliphatic heterocycles. The Hall–Kier alpha value is -2.64. The van der Waals surface area contributed by atoms with Crippen molar-refractivity contribution in [3.05, 3.63) is 59.5 Å². The van der Waals surface area contributed by atoms with Crippen molar-refractivity contribution in [2.45, 2.75) is 18.6 Å². The molecule has 2 heterocycles. The van der Waals surface area contributed by atoms with Crippen LogP contribution in [0, 0.1) is 5.82 Å². The summed E-state index contributed by atoms with van der Waals surface area (Å²) >= 11 is 0. The van der Waals surface area contributed by atoms with Crippen LogP contribution >= 0.6 is 0 Å². The molecule has 1 N–H and O–H groups in total. The topological polar surface area (TPSA) is 45.2 Å². The second kappa shape index (κ2) is 6.70. The number of anilines is 1. The van der Waals surface area contributed by atoms with Gasteiger partial charge in [-0.15, -0.1) is 0 Å². The Morgan fingerprint density at radius 3 is 2.52 bits per heavy atom. The van der Waals surface area contributed by atoms with E-state index in [1.54, 1.807) is 4.90 Å². The Kier molecular flexibility index (Phi) is 4.61. The van der Waals surface area contributed by atoms with E-state index in [0.717, 1.165) is 18.3 Å². The minimum Gasteiger partial charge on any atom is -0.352 e. The third-order valence-corrected chi connectivity index (χ3v) is 3.92. The van der Waals surface area contributed by atoms with Crippen molar-refractivity contribution in [2.24, 2.45) is 0 Å². The molecule has 0 aliphatic carbocycles. The molecule has 4 nitrogen and oxygen atoms in total. The van der Waals surface area contributed by atoms with E-state index < -0.39 is 11.7 Å². The van der Waals surface area contributed by atoms with Crippen molar-refractivity contribution in [1.29, 1.82) is 0 Å². The number of hydrogen-bond acceptors (Lipinski definition) is 3. The van der Waals surface area contributed by atoms with E-state index in [1.165, 1.54) is 24.3 Å². The maximum absolute atomic E-state index is 12.8. The van der Waals surface area contributed by atoms with Gasteiger partial charge >= 0.3 is 6.18 Å². The number of aromatic nitrogens is 1. The van der Waals surface area contributed by atoms with E-state index in [-0.39, 0.29) is 30.0 Å². The molecular weight excluding hydrogens is 338 g/mol. The van der Waals surface area contributed by atoms with E-state index in [1.807, 2.05) is 0 Å². The van der Waals surface area contributed by atoms with Gasteiger partial charge in [0.1, 0.15) is 11.6 Å². The number of carbonyl (C=O) groups is 1. The van der Waals surface area contributed by atoms with E-state index in [0.29, 0.717) is 18.7 Å². The number of nitrogens with one attached hydrogen (secondary N) is 1. The van der Waals surface area contributed by atoms with Crippen LogP contribution in [0.5, 0.6) is 0 Å². The highest BCUT2D eigenvalue weighted by atomic mass is 19.4. The van der Waals surface area contributed by atoms with Gasteiger partial charge in [0.25, 0.3) is 0 Å². The average Bonchev–Trinajstić information content (AvgIpc) is 2.52. The Labute approximate surface area is 141 Å². The summed E-state index contributed by atoms with van der Waals surface area (Å²) in [5.41, 5.74) is -0.0593. The minimum atomic E-state index is -4.41. The standard InChI is InChI=1S/C17H15F4N3O/c18-13-3-1-11(2-4-13)7-16(25)23-14-9-24(10-14)15-8-12(5-6-22-15)17(19,20)21/h1-6,8,14H,7,9-10H2,(H,23,25). The lowest BCUT2D eigenvalue weighted by atomic mass is 10.1. The van der Waals surface area contributed by atoms with Crippen molar-refractivity contribution < 1.29 is 22.4 Å². The quantitative estimate of drug-likeness (QED) is 0.860. The SMILES string of the molecule is O=C(Cc1ccc(F)cc1)NC1CN(c2cc(C(F)(F)F)ccn2)C1. The monoisotopic (exact) mass is 353 g/mol. The number of halogens is 4. The molecule has 0 unspecified atom stereocenters. The average molecular weight is 353 g/mol. The van der Waals surface area contributed by atoms with Crippen LogP contribution in [0.1, 0.15) is 11.1 Å². The van der Waals surface area contributed by atoms with Crippen LogP contribution in [-0.2, 0) is 17.4 Å². The van der Waals surface area contributed by atoms with Gasteiger partial charge in [-0.3, -0.25) is 4.79 Å². The predicted molar refractivity (Wildman–Crippen MR) is 83.5 cm³/mol. The van der Waals surface area contributed by atoms with Crippen LogP contribution in [0.25, 0.3) is 0 Å². The zero-order valence-corrected chi connectivity index (χ0v) is 13.1. The second-order valence-corrected chi connectivity index (χ2v) is 5.87. The van der Waals surface area contributed by atoms with Crippen molar-refractivity contribution in [1.82, 2.24) is 10.3 Å². The van der Waals surface area contributed by atoms with Crippen molar-refractivity contribution in [3.63, 3.8) is 0 Å². The number of alkyl halides is 3. The van der Waals surface area contributed by atoms with Gasteiger partial charge in [0.15, 0.2) is 0 Å². The van der Waals surface area contributed by atoms with Crippen LogP contribution in [0.2, 0.25) is 0 Å². The summed E-state index contributed by atoms with van der Waals surface area (Å²) in [6.07, 6.45) is -3.16. The number of benzene rings is 1. The van der Waals surface area contributed by atoms with E-state index in [9.17, 15) is 22.4 Å². The molecule has 25 heavy (non-hydrogen) atoms. The molecular formula is C17H15F4N3O. The van der Waals surface area contributed by atoms with Gasteiger partial charge in [-0.25, -0.2) is 9.37 Å². The fourth-order valence-corrected chi connectivity index (χ4v) is 2.59.